The van der Waals surface area contributed by atoms with Crippen LogP contribution in [0.4, 0.5) is 10.1 Å². The van der Waals surface area contributed by atoms with Gasteiger partial charge in [0.25, 0.3) is 5.91 Å². The molecule has 3 unspecified atom stereocenters. The Morgan fingerprint density at radius 1 is 1.19 bits per heavy atom. The molecule has 2 aromatic carbocycles. The van der Waals surface area contributed by atoms with Gasteiger partial charge in [-0.1, -0.05) is 25.1 Å². The van der Waals surface area contributed by atoms with Crippen LogP contribution in [-0.4, -0.2) is 66.6 Å². The predicted octanol–water partition coefficient (Wildman–Crippen LogP) is 2.55. The summed E-state index contributed by atoms with van der Waals surface area (Å²) < 4.78 is 20.7. The molecule has 4 rings (SSSR count). The molecule has 2 radical (unpaired) electrons. The van der Waals surface area contributed by atoms with Gasteiger partial charge in [-0.2, -0.15) is 0 Å². The van der Waals surface area contributed by atoms with E-state index in [1.807, 2.05) is 19.9 Å². The van der Waals surface area contributed by atoms with E-state index in [4.69, 9.17) is 12.6 Å². The van der Waals surface area contributed by atoms with Gasteiger partial charge < -0.3 is 15.0 Å². The number of rotatable bonds is 8. The second-order valence-corrected chi connectivity index (χ2v) is 9.71. The van der Waals surface area contributed by atoms with E-state index in [0.717, 1.165) is 18.7 Å². The van der Waals surface area contributed by atoms with Crippen molar-refractivity contribution in [3.63, 3.8) is 0 Å². The molecule has 2 aromatic rings. The van der Waals surface area contributed by atoms with Crippen LogP contribution in [0.5, 0.6) is 0 Å². The first-order chi connectivity index (χ1) is 17.7. The maximum Gasteiger partial charge on any atom is 0.254 e. The fourth-order valence-electron chi connectivity index (χ4n) is 4.88. The number of hydrogen-bond donors (Lipinski definition) is 2. The van der Waals surface area contributed by atoms with Crippen LogP contribution in [0.1, 0.15) is 54.2 Å². The number of anilines is 1. The van der Waals surface area contributed by atoms with Crippen LogP contribution < -0.4 is 10.6 Å². The summed E-state index contributed by atoms with van der Waals surface area (Å²) in [5, 5.41) is 5.42. The Kier molecular flexibility index (Phi) is 8.29. The Morgan fingerprint density at radius 2 is 1.92 bits per heavy atom. The zero-order valence-corrected chi connectivity index (χ0v) is 21.4. The average Bonchev–Trinajstić information content (AvgIpc) is 3.19. The second-order valence-electron chi connectivity index (χ2n) is 9.71. The predicted molar refractivity (Wildman–Crippen MR) is 138 cm³/mol. The number of ether oxygens (including phenoxy) is 1. The van der Waals surface area contributed by atoms with E-state index in [9.17, 15) is 18.8 Å². The van der Waals surface area contributed by atoms with Crippen molar-refractivity contribution in [3.8, 4) is 0 Å². The van der Waals surface area contributed by atoms with E-state index in [2.05, 4.69) is 15.5 Å². The van der Waals surface area contributed by atoms with Crippen LogP contribution in [0.2, 0.25) is 0 Å². The zero-order valence-electron chi connectivity index (χ0n) is 21.4. The van der Waals surface area contributed by atoms with Crippen LogP contribution in [0, 0.1) is 5.82 Å². The van der Waals surface area contributed by atoms with E-state index in [-0.39, 0.29) is 37.5 Å². The number of carbonyl (C=O) groups is 3. The molecule has 194 valence electrons. The lowest BCUT2D eigenvalue weighted by Gasteiger charge is -2.35. The molecule has 3 atom stereocenters. The molecule has 2 N–H and O–H groups in total. The first kappa shape index (κ1) is 26.8. The summed E-state index contributed by atoms with van der Waals surface area (Å²) in [4.78, 5) is 40.2. The number of carbonyl (C=O) groups excluding carboxylic acids is 3. The highest BCUT2D eigenvalue weighted by atomic mass is 19.1. The van der Waals surface area contributed by atoms with Crippen molar-refractivity contribution in [2.75, 3.05) is 18.4 Å². The molecule has 2 aliphatic rings. The number of imide groups is 1. The molecule has 0 aromatic heterocycles. The minimum atomic E-state index is -1.30. The topological polar surface area (TPSA) is 91.0 Å². The van der Waals surface area contributed by atoms with Crippen molar-refractivity contribution >= 4 is 31.3 Å². The van der Waals surface area contributed by atoms with E-state index in [1.165, 1.54) is 4.90 Å². The number of morpholine rings is 1. The zero-order chi connectivity index (χ0) is 26.7. The Bertz CT molecular complexity index is 1180. The minimum Gasteiger partial charge on any atom is -0.381 e. The number of hydrogen-bond acceptors (Lipinski definition) is 6. The molecule has 3 amide bonds. The molecular weight excluding hydrogens is 474 g/mol. The van der Waals surface area contributed by atoms with Crippen molar-refractivity contribution in [2.45, 2.75) is 65.0 Å². The third-order valence-electron chi connectivity index (χ3n) is 6.67. The van der Waals surface area contributed by atoms with Crippen LogP contribution in [0.15, 0.2) is 36.4 Å². The van der Waals surface area contributed by atoms with Crippen LogP contribution >= 0.6 is 0 Å². The molecule has 10 heteroatoms. The highest BCUT2D eigenvalue weighted by Crippen LogP contribution is 2.31. The molecule has 2 aliphatic heterocycles. The highest BCUT2D eigenvalue weighted by Gasteiger charge is 2.35. The highest BCUT2D eigenvalue weighted by molar-refractivity contribution is 6.27. The second kappa shape index (κ2) is 11.4. The summed E-state index contributed by atoms with van der Waals surface area (Å²) >= 11 is 0. The van der Waals surface area contributed by atoms with E-state index in [0.29, 0.717) is 28.9 Å². The lowest BCUT2D eigenvalue weighted by atomic mass is 9.93. The number of halogens is 1. The SMILES string of the molecule is [B]C(C(=O)NC(=O)CC)N1Cc2c(NCc3ccc(CN4CC(C)OC(C)C4)cc3F)cccc2C1=O. The lowest BCUT2D eigenvalue weighted by molar-refractivity contribution is -0.131. The Morgan fingerprint density at radius 3 is 2.59 bits per heavy atom. The van der Waals surface area contributed by atoms with Crippen LogP contribution in [0.25, 0.3) is 0 Å². The molecule has 37 heavy (non-hydrogen) atoms. The smallest absolute Gasteiger partial charge is 0.254 e. The van der Waals surface area contributed by atoms with Crippen molar-refractivity contribution in [2.24, 2.45) is 0 Å². The van der Waals surface area contributed by atoms with Crippen molar-refractivity contribution in [3.05, 3.63) is 64.5 Å². The molecule has 2 heterocycles. The standard InChI is InChI=1S/C27H32BFN4O4/c1-4-24(34)31-26(35)25(28)33-15-21-20(27(33)36)6-5-7-23(21)30-11-19-9-8-18(10-22(19)29)14-32-12-16(2)37-17(3)13-32/h5-10,16-17,25,30H,4,11-15H2,1-3H3,(H,31,34,35). The summed E-state index contributed by atoms with van der Waals surface area (Å²) in [6, 6.07) is 10.5. The van der Waals surface area contributed by atoms with Crippen molar-refractivity contribution < 1.29 is 23.5 Å². The Hall–Kier alpha value is -3.24. The van der Waals surface area contributed by atoms with Gasteiger partial charge in [0.2, 0.25) is 11.8 Å². The van der Waals surface area contributed by atoms with E-state index < -0.39 is 23.7 Å². The Labute approximate surface area is 217 Å². The number of amides is 3. The third kappa shape index (κ3) is 6.19. The molecule has 0 saturated carbocycles. The maximum atomic E-state index is 15.0. The van der Waals surface area contributed by atoms with Gasteiger partial charge in [0.05, 0.1) is 18.1 Å². The molecule has 0 spiro atoms. The van der Waals surface area contributed by atoms with Gasteiger partial charge in [-0.3, -0.25) is 24.6 Å². The monoisotopic (exact) mass is 506 g/mol. The van der Waals surface area contributed by atoms with Crippen LogP contribution in [-0.2, 0) is 34.0 Å². The molecule has 0 bridgehead atoms. The molecule has 1 saturated heterocycles. The van der Waals surface area contributed by atoms with E-state index in [1.54, 1.807) is 37.3 Å². The molecule has 1 fully saturated rings. The third-order valence-corrected chi connectivity index (χ3v) is 6.67. The summed E-state index contributed by atoms with van der Waals surface area (Å²) in [7, 11) is 5.99. The Balaban J connectivity index is 1.41. The molecule has 0 aliphatic carbocycles. The van der Waals surface area contributed by atoms with Gasteiger partial charge in [0, 0.05) is 61.5 Å². The largest absolute Gasteiger partial charge is 0.381 e. The maximum absolute atomic E-state index is 15.0. The van der Waals surface area contributed by atoms with Gasteiger partial charge in [0.15, 0.2) is 0 Å². The van der Waals surface area contributed by atoms with Gasteiger partial charge in [-0.05, 0) is 37.6 Å². The number of fused-ring (bicyclic) bond motifs is 1. The van der Waals surface area contributed by atoms with Gasteiger partial charge in [-0.15, -0.1) is 0 Å². The average molecular weight is 506 g/mol. The summed E-state index contributed by atoms with van der Waals surface area (Å²) in [5.41, 5.74) is 3.15. The van der Waals surface area contributed by atoms with Crippen LogP contribution in [0.3, 0.4) is 0 Å². The number of nitrogens with zero attached hydrogens (tertiary/aromatic N) is 2. The normalized spacial score (nSPS) is 20.4. The number of benzene rings is 2. The summed E-state index contributed by atoms with van der Waals surface area (Å²) in [6.07, 6.45) is 0.426. The summed E-state index contributed by atoms with van der Waals surface area (Å²) in [5.74, 6) is -3.19. The van der Waals surface area contributed by atoms with Crippen molar-refractivity contribution in [1.29, 1.82) is 0 Å². The first-order valence-electron chi connectivity index (χ1n) is 12.6. The number of nitrogens with one attached hydrogen (secondary N) is 2. The quantitative estimate of drug-likeness (QED) is 0.535. The summed E-state index contributed by atoms with van der Waals surface area (Å²) in [6.45, 7) is 8.30. The molecular formula is C27H32BFN4O4. The fraction of sp³-hybridized carbons (Fsp3) is 0.444. The van der Waals surface area contributed by atoms with Gasteiger partial charge >= 0.3 is 0 Å². The van der Waals surface area contributed by atoms with E-state index >= 15 is 0 Å². The van der Waals surface area contributed by atoms with Gasteiger partial charge in [-0.25, -0.2) is 4.39 Å². The first-order valence-corrected chi connectivity index (χ1v) is 12.6. The lowest BCUT2D eigenvalue weighted by Crippen LogP contribution is -2.49. The van der Waals surface area contributed by atoms with Crippen molar-refractivity contribution in [1.82, 2.24) is 15.1 Å². The van der Waals surface area contributed by atoms with Gasteiger partial charge in [0.1, 0.15) is 13.7 Å². The molecule has 8 nitrogen and oxygen atoms in total. The fourth-order valence-corrected chi connectivity index (χ4v) is 4.88. The minimum absolute atomic E-state index is 0.101.